The molecule has 3 N–H and O–H groups in total. The first-order valence-corrected chi connectivity index (χ1v) is 7.95. The van der Waals surface area contributed by atoms with Crippen LogP contribution < -0.4 is 10.6 Å². The van der Waals surface area contributed by atoms with Crippen LogP contribution in [0.5, 0.6) is 0 Å². The van der Waals surface area contributed by atoms with Gasteiger partial charge in [0.25, 0.3) is 0 Å². The molecular weight excluding hydrogens is 280 g/mol. The average molecular weight is 304 g/mol. The fourth-order valence-electron chi connectivity index (χ4n) is 2.89. The Balaban J connectivity index is 1.83. The van der Waals surface area contributed by atoms with Gasteiger partial charge in [-0.05, 0) is 43.2 Å². The fraction of sp³-hybridized carbons (Fsp3) is 0.529. The van der Waals surface area contributed by atoms with E-state index in [4.69, 9.17) is 0 Å². The summed E-state index contributed by atoms with van der Waals surface area (Å²) in [4.78, 5) is 23.8. The van der Waals surface area contributed by atoms with Gasteiger partial charge in [0.15, 0.2) is 0 Å². The third-order valence-corrected chi connectivity index (χ3v) is 4.16. The van der Waals surface area contributed by atoms with Gasteiger partial charge < -0.3 is 15.7 Å². The van der Waals surface area contributed by atoms with Crippen LogP contribution in [0, 0.1) is 5.92 Å². The van der Waals surface area contributed by atoms with E-state index in [2.05, 4.69) is 10.6 Å². The van der Waals surface area contributed by atoms with Crippen molar-refractivity contribution in [3.63, 3.8) is 0 Å². The molecule has 0 radical (unpaired) electrons. The second-order valence-corrected chi connectivity index (χ2v) is 5.86. The van der Waals surface area contributed by atoms with Gasteiger partial charge in [0, 0.05) is 12.2 Å². The maximum Gasteiger partial charge on any atom is 0.313 e. The van der Waals surface area contributed by atoms with E-state index in [1.807, 2.05) is 25.1 Å². The number of hydrogen-bond donors (Lipinski definition) is 3. The molecule has 1 aromatic carbocycles. The first-order valence-electron chi connectivity index (χ1n) is 7.95. The summed E-state index contributed by atoms with van der Waals surface area (Å²) in [6.07, 6.45) is 3.99. The molecule has 0 aromatic heterocycles. The van der Waals surface area contributed by atoms with Crippen molar-refractivity contribution in [2.75, 3.05) is 11.9 Å². The van der Waals surface area contributed by atoms with E-state index in [1.165, 1.54) is 0 Å². The summed E-state index contributed by atoms with van der Waals surface area (Å²) < 4.78 is 0. The second kappa shape index (κ2) is 7.94. The molecule has 1 aromatic rings. The topological polar surface area (TPSA) is 78.4 Å². The number of para-hydroxylation sites is 1. The Bertz CT molecular complexity index is 530. The zero-order chi connectivity index (χ0) is 15.9. The lowest BCUT2D eigenvalue weighted by atomic mass is 9.87. The van der Waals surface area contributed by atoms with Crippen molar-refractivity contribution in [2.45, 2.75) is 45.1 Å². The van der Waals surface area contributed by atoms with Crippen LogP contribution in [-0.2, 0) is 16.0 Å². The van der Waals surface area contributed by atoms with Crippen molar-refractivity contribution in [3.05, 3.63) is 29.8 Å². The maximum atomic E-state index is 11.9. The molecule has 2 atom stereocenters. The Morgan fingerprint density at radius 1 is 1.23 bits per heavy atom. The molecule has 1 saturated carbocycles. The third kappa shape index (κ3) is 4.56. The van der Waals surface area contributed by atoms with E-state index in [-0.39, 0.29) is 12.0 Å². The highest BCUT2D eigenvalue weighted by atomic mass is 16.3. The first kappa shape index (κ1) is 16.5. The number of carbonyl (C=O) groups is 2. The van der Waals surface area contributed by atoms with E-state index >= 15 is 0 Å². The minimum absolute atomic E-state index is 0.253. The lowest BCUT2D eigenvalue weighted by molar-refractivity contribution is -0.136. The summed E-state index contributed by atoms with van der Waals surface area (Å²) in [5.41, 5.74) is 1.68. The third-order valence-electron chi connectivity index (χ3n) is 4.16. The number of rotatable bonds is 4. The molecule has 1 aliphatic carbocycles. The van der Waals surface area contributed by atoms with Gasteiger partial charge in [0.2, 0.25) is 0 Å². The van der Waals surface area contributed by atoms with Crippen molar-refractivity contribution in [2.24, 2.45) is 5.92 Å². The van der Waals surface area contributed by atoms with Crippen LogP contribution >= 0.6 is 0 Å². The number of anilines is 1. The zero-order valence-electron chi connectivity index (χ0n) is 13.0. The van der Waals surface area contributed by atoms with Crippen LogP contribution in [0.1, 0.15) is 38.2 Å². The van der Waals surface area contributed by atoms with E-state index in [1.54, 1.807) is 6.07 Å². The standard InChI is InChI=1S/C17H24N2O3/c1-2-13-7-3-4-9-15(13)19-17(22)16(21)18-11-12-6-5-8-14(20)10-12/h3-4,7,9,12,14,20H,2,5-6,8,10-11H2,1H3,(H,18,21)(H,19,22). The molecule has 22 heavy (non-hydrogen) atoms. The van der Waals surface area contributed by atoms with Crippen LogP contribution in [-0.4, -0.2) is 29.6 Å². The summed E-state index contributed by atoms with van der Waals surface area (Å²) in [5.74, 6) is -1.01. The summed E-state index contributed by atoms with van der Waals surface area (Å²) in [6.45, 7) is 2.44. The Hall–Kier alpha value is -1.88. The van der Waals surface area contributed by atoms with Crippen molar-refractivity contribution in [3.8, 4) is 0 Å². The largest absolute Gasteiger partial charge is 0.393 e. The normalized spacial score (nSPS) is 21.2. The van der Waals surface area contributed by atoms with Gasteiger partial charge in [0.1, 0.15) is 0 Å². The van der Waals surface area contributed by atoms with Gasteiger partial charge in [-0.2, -0.15) is 0 Å². The Morgan fingerprint density at radius 3 is 2.73 bits per heavy atom. The fourth-order valence-corrected chi connectivity index (χ4v) is 2.89. The quantitative estimate of drug-likeness (QED) is 0.743. The predicted molar refractivity (Wildman–Crippen MR) is 85.4 cm³/mol. The minimum Gasteiger partial charge on any atom is -0.393 e. The Morgan fingerprint density at radius 2 is 2.00 bits per heavy atom. The lowest BCUT2D eigenvalue weighted by Gasteiger charge is -2.25. The van der Waals surface area contributed by atoms with Crippen molar-refractivity contribution < 1.29 is 14.7 Å². The van der Waals surface area contributed by atoms with E-state index in [0.29, 0.717) is 18.7 Å². The van der Waals surface area contributed by atoms with E-state index in [0.717, 1.165) is 31.2 Å². The summed E-state index contributed by atoms with van der Waals surface area (Å²) in [6, 6.07) is 7.46. The number of hydrogen-bond acceptors (Lipinski definition) is 3. The number of benzene rings is 1. The van der Waals surface area contributed by atoms with Crippen molar-refractivity contribution in [1.82, 2.24) is 5.32 Å². The molecule has 5 nitrogen and oxygen atoms in total. The van der Waals surface area contributed by atoms with Crippen LogP contribution in [0.2, 0.25) is 0 Å². The number of nitrogens with one attached hydrogen (secondary N) is 2. The SMILES string of the molecule is CCc1ccccc1NC(=O)C(=O)NCC1CCCC(O)C1. The molecular formula is C17H24N2O3. The number of aliphatic hydroxyl groups excluding tert-OH is 1. The molecule has 2 unspecified atom stereocenters. The van der Waals surface area contributed by atoms with Crippen LogP contribution in [0.4, 0.5) is 5.69 Å². The number of aliphatic hydroxyl groups is 1. The molecule has 0 saturated heterocycles. The number of amides is 2. The molecule has 0 aliphatic heterocycles. The van der Waals surface area contributed by atoms with Crippen LogP contribution in [0.15, 0.2) is 24.3 Å². The molecule has 0 heterocycles. The maximum absolute atomic E-state index is 11.9. The Kier molecular flexibility index (Phi) is 5.95. The molecule has 1 fully saturated rings. The van der Waals surface area contributed by atoms with Crippen molar-refractivity contribution >= 4 is 17.5 Å². The summed E-state index contributed by atoms with van der Waals surface area (Å²) in [5, 5.41) is 14.9. The van der Waals surface area contributed by atoms with Gasteiger partial charge in [0.05, 0.1) is 6.10 Å². The number of aryl methyl sites for hydroxylation is 1. The molecule has 0 bridgehead atoms. The highest BCUT2D eigenvalue weighted by Crippen LogP contribution is 2.23. The summed E-state index contributed by atoms with van der Waals surface area (Å²) in [7, 11) is 0. The van der Waals surface area contributed by atoms with Crippen LogP contribution in [0.25, 0.3) is 0 Å². The van der Waals surface area contributed by atoms with Gasteiger partial charge in [-0.3, -0.25) is 9.59 Å². The van der Waals surface area contributed by atoms with Crippen molar-refractivity contribution in [1.29, 1.82) is 0 Å². The molecule has 120 valence electrons. The molecule has 1 aliphatic rings. The van der Waals surface area contributed by atoms with Crippen LogP contribution in [0.3, 0.4) is 0 Å². The Labute approximate surface area is 131 Å². The zero-order valence-corrected chi connectivity index (χ0v) is 13.0. The van der Waals surface area contributed by atoms with E-state index in [9.17, 15) is 14.7 Å². The van der Waals surface area contributed by atoms with Gasteiger partial charge >= 0.3 is 11.8 Å². The molecule has 2 amide bonds. The van der Waals surface area contributed by atoms with E-state index < -0.39 is 11.8 Å². The molecule has 0 spiro atoms. The number of carbonyl (C=O) groups excluding carboxylic acids is 2. The highest BCUT2D eigenvalue weighted by molar-refractivity contribution is 6.39. The first-order chi connectivity index (χ1) is 10.6. The predicted octanol–water partition coefficient (Wildman–Crippen LogP) is 1.85. The second-order valence-electron chi connectivity index (χ2n) is 5.86. The smallest absolute Gasteiger partial charge is 0.313 e. The lowest BCUT2D eigenvalue weighted by Crippen LogP contribution is -2.39. The van der Waals surface area contributed by atoms with Gasteiger partial charge in [-0.25, -0.2) is 0 Å². The molecule has 5 heteroatoms. The monoisotopic (exact) mass is 304 g/mol. The van der Waals surface area contributed by atoms with Gasteiger partial charge in [-0.15, -0.1) is 0 Å². The van der Waals surface area contributed by atoms with Gasteiger partial charge in [-0.1, -0.05) is 31.5 Å². The minimum atomic E-state index is -0.641. The highest BCUT2D eigenvalue weighted by Gasteiger charge is 2.22. The summed E-state index contributed by atoms with van der Waals surface area (Å²) >= 11 is 0. The average Bonchev–Trinajstić information content (AvgIpc) is 2.53. The molecule has 2 rings (SSSR count).